The van der Waals surface area contributed by atoms with Crippen LogP contribution in [0.4, 0.5) is 0 Å². The Bertz CT molecular complexity index is 457. The smallest absolute Gasteiger partial charge is 0.225 e. The zero-order chi connectivity index (χ0) is 11.5. The monoisotopic (exact) mass is 245 g/mol. The van der Waals surface area contributed by atoms with Gasteiger partial charge >= 0.3 is 0 Å². The SMILES string of the molecule is CC(C)(NS(=O)(=O)CC#N)c1nccs1. The maximum absolute atomic E-state index is 11.4. The van der Waals surface area contributed by atoms with Gasteiger partial charge in [-0.25, -0.2) is 18.1 Å². The second-order valence-electron chi connectivity index (χ2n) is 3.48. The van der Waals surface area contributed by atoms with Crippen LogP contribution in [0.15, 0.2) is 11.6 Å². The fourth-order valence-corrected chi connectivity index (χ4v) is 2.98. The average Bonchev–Trinajstić information content (AvgIpc) is 2.52. The van der Waals surface area contributed by atoms with Crippen LogP contribution in [0.25, 0.3) is 0 Å². The van der Waals surface area contributed by atoms with Gasteiger partial charge in [-0.2, -0.15) is 5.26 Å². The first-order valence-corrected chi connectivity index (χ1v) is 6.69. The molecule has 0 unspecified atom stereocenters. The van der Waals surface area contributed by atoms with E-state index in [1.165, 1.54) is 11.3 Å². The molecule has 0 aliphatic rings. The second-order valence-corrected chi connectivity index (χ2v) is 6.10. The molecule has 0 saturated carbocycles. The second kappa shape index (κ2) is 4.26. The van der Waals surface area contributed by atoms with Crippen molar-refractivity contribution >= 4 is 21.4 Å². The molecule has 5 nitrogen and oxygen atoms in total. The predicted molar refractivity (Wildman–Crippen MR) is 57.7 cm³/mol. The van der Waals surface area contributed by atoms with Gasteiger partial charge in [0.05, 0.1) is 11.6 Å². The molecule has 1 heterocycles. The molecule has 1 aromatic heterocycles. The van der Waals surface area contributed by atoms with Crippen molar-refractivity contribution in [3.05, 3.63) is 16.6 Å². The molecule has 0 aromatic carbocycles. The Labute approximate surface area is 92.8 Å². The maximum atomic E-state index is 11.4. The van der Waals surface area contributed by atoms with E-state index in [-0.39, 0.29) is 0 Å². The topological polar surface area (TPSA) is 82.9 Å². The highest BCUT2D eigenvalue weighted by atomic mass is 32.2. The lowest BCUT2D eigenvalue weighted by Crippen LogP contribution is -2.41. The molecule has 7 heteroatoms. The number of aromatic nitrogens is 1. The number of sulfonamides is 1. The lowest BCUT2D eigenvalue weighted by atomic mass is 10.1. The minimum Gasteiger partial charge on any atom is -0.248 e. The Morgan fingerprint density at radius 1 is 1.67 bits per heavy atom. The van der Waals surface area contributed by atoms with Crippen molar-refractivity contribution in [1.29, 1.82) is 5.26 Å². The first kappa shape index (κ1) is 12.1. The Hall–Kier alpha value is -0.970. The van der Waals surface area contributed by atoms with Crippen LogP contribution in [-0.4, -0.2) is 19.2 Å². The summed E-state index contributed by atoms with van der Waals surface area (Å²) in [4.78, 5) is 4.04. The molecule has 0 atom stereocenters. The van der Waals surface area contributed by atoms with Crippen LogP contribution in [0.1, 0.15) is 18.9 Å². The van der Waals surface area contributed by atoms with Gasteiger partial charge in [0.15, 0.2) is 5.75 Å². The first-order chi connectivity index (χ1) is 6.87. The Kier molecular flexibility index (Phi) is 3.44. The molecule has 0 radical (unpaired) electrons. The summed E-state index contributed by atoms with van der Waals surface area (Å²) in [6.45, 7) is 3.42. The van der Waals surface area contributed by atoms with Gasteiger partial charge in [-0.05, 0) is 13.8 Å². The summed E-state index contributed by atoms with van der Waals surface area (Å²) >= 11 is 1.37. The van der Waals surface area contributed by atoms with Crippen molar-refractivity contribution in [1.82, 2.24) is 9.71 Å². The van der Waals surface area contributed by atoms with Crippen LogP contribution in [0.5, 0.6) is 0 Å². The molecule has 1 rings (SSSR count). The zero-order valence-corrected chi connectivity index (χ0v) is 10.0. The minimum atomic E-state index is -3.56. The molecule has 0 amide bonds. The number of hydrogen-bond donors (Lipinski definition) is 1. The summed E-state index contributed by atoms with van der Waals surface area (Å²) in [7, 11) is -3.56. The molecule has 0 bridgehead atoms. The largest absolute Gasteiger partial charge is 0.248 e. The Morgan fingerprint density at radius 2 is 2.33 bits per heavy atom. The van der Waals surface area contributed by atoms with Gasteiger partial charge in [0.25, 0.3) is 0 Å². The van der Waals surface area contributed by atoms with Crippen molar-refractivity contribution in [3.63, 3.8) is 0 Å². The number of nitrogens with one attached hydrogen (secondary N) is 1. The van der Waals surface area contributed by atoms with Gasteiger partial charge in [0.2, 0.25) is 10.0 Å². The molecule has 15 heavy (non-hydrogen) atoms. The fourth-order valence-electron chi connectivity index (χ4n) is 1.09. The van der Waals surface area contributed by atoms with Crippen molar-refractivity contribution in [2.45, 2.75) is 19.4 Å². The van der Waals surface area contributed by atoms with E-state index in [0.29, 0.717) is 5.01 Å². The minimum absolute atomic E-state index is 0.540. The van der Waals surface area contributed by atoms with Crippen LogP contribution >= 0.6 is 11.3 Å². The lowest BCUT2D eigenvalue weighted by Gasteiger charge is -2.22. The molecule has 1 N–H and O–H groups in total. The van der Waals surface area contributed by atoms with E-state index in [9.17, 15) is 8.42 Å². The van der Waals surface area contributed by atoms with Gasteiger partial charge in [0, 0.05) is 11.6 Å². The van der Waals surface area contributed by atoms with Crippen molar-refractivity contribution in [2.75, 3.05) is 5.75 Å². The third-order valence-electron chi connectivity index (χ3n) is 1.63. The van der Waals surface area contributed by atoms with Gasteiger partial charge < -0.3 is 0 Å². The van der Waals surface area contributed by atoms with E-state index in [1.807, 2.05) is 0 Å². The fraction of sp³-hybridized carbons (Fsp3) is 0.500. The molecule has 0 spiro atoms. The normalized spacial score (nSPS) is 12.3. The summed E-state index contributed by atoms with van der Waals surface area (Å²) < 4.78 is 25.2. The quantitative estimate of drug-likeness (QED) is 0.851. The summed E-state index contributed by atoms with van der Waals surface area (Å²) in [5.41, 5.74) is -0.774. The molecule has 82 valence electrons. The number of nitrogens with zero attached hydrogens (tertiary/aromatic N) is 2. The highest BCUT2D eigenvalue weighted by Gasteiger charge is 2.28. The Morgan fingerprint density at radius 3 is 2.80 bits per heavy atom. The van der Waals surface area contributed by atoms with E-state index in [1.54, 1.807) is 31.5 Å². The molecule has 0 fully saturated rings. The van der Waals surface area contributed by atoms with Crippen LogP contribution in [0, 0.1) is 11.3 Å². The maximum Gasteiger partial charge on any atom is 0.225 e. The van der Waals surface area contributed by atoms with Crippen molar-refractivity contribution in [3.8, 4) is 6.07 Å². The van der Waals surface area contributed by atoms with Gasteiger partial charge in [0.1, 0.15) is 5.01 Å². The highest BCUT2D eigenvalue weighted by Crippen LogP contribution is 2.22. The summed E-state index contributed by atoms with van der Waals surface area (Å²) in [6, 6.07) is 1.61. The van der Waals surface area contributed by atoms with Gasteiger partial charge in [-0.15, -0.1) is 11.3 Å². The molecule has 0 aliphatic heterocycles. The molecule has 1 aromatic rings. The first-order valence-electron chi connectivity index (χ1n) is 4.16. The van der Waals surface area contributed by atoms with E-state index >= 15 is 0 Å². The summed E-state index contributed by atoms with van der Waals surface area (Å²) in [6.07, 6.45) is 1.61. The Balaban J connectivity index is 2.87. The third kappa shape index (κ3) is 3.27. The van der Waals surface area contributed by atoms with E-state index in [0.717, 1.165) is 0 Å². The van der Waals surface area contributed by atoms with E-state index in [2.05, 4.69) is 9.71 Å². The summed E-state index contributed by atoms with van der Waals surface area (Å²) in [5, 5.41) is 10.8. The van der Waals surface area contributed by atoms with E-state index < -0.39 is 21.3 Å². The average molecular weight is 245 g/mol. The number of thiazole rings is 1. The predicted octanol–water partition coefficient (Wildman–Crippen LogP) is 0.821. The van der Waals surface area contributed by atoms with Crippen LogP contribution in [0.2, 0.25) is 0 Å². The third-order valence-corrected chi connectivity index (χ3v) is 4.06. The van der Waals surface area contributed by atoms with Crippen LogP contribution in [-0.2, 0) is 15.6 Å². The van der Waals surface area contributed by atoms with Crippen molar-refractivity contribution in [2.24, 2.45) is 0 Å². The van der Waals surface area contributed by atoms with Gasteiger partial charge in [-0.3, -0.25) is 0 Å². The molecule has 0 saturated heterocycles. The van der Waals surface area contributed by atoms with Crippen LogP contribution in [0.3, 0.4) is 0 Å². The zero-order valence-electron chi connectivity index (χ0n) is 8.39. The number of hydrogen-bond acceptors (Lipinski definition) is 5. The molecular weight excluding hydrogens is 234 g/mol. The molecule has 0 aliphatic carbocycles. The number of rotatable bonds is 4. The van der Waals surface area contributed by atoms with Gasteiger partial charge in [-0.1, -0.05) is 0 Å². The van der Waals surface area contributed by atoms with Crippen LogP contribution < -0.4 is 4.72 Å². The number of nitriles is 1. The highest BCUT2D eigenvalue weighted by molar-refractivity contribution is 7.89. The lowest BCUT2D eigenvalue weighted by molar-refractivity contribution is 0.471. The molecular formula is C8H11N3O2S2. The van der Waals surface area contributed by atoms with Crippen molar-refractivity contribution < 1.29 is 8.42 Å². The standard InChI is InChI=1S/C8H11N3O2S2/c1-8(2,7-10-4-5-14-7)11-15(12,13)6-3-9/h4-5,11H,6H2,1-2H3. The summed E-state index contributed by atoms with van der Waals surface area (Å²) in [5.74, 6) is -0.540. The van der Waals surface area contributed by atoms with E-state index in [4.69, 9.17) is 5.26 Å².